The van der Waals surface area contributed by atoms with Crippen LogP contribution in [0.2, 0.25) is 0 Å². The first-order chi connectivity index (χ1) is 19.5. The van der Waals surface area contributed by atoms with E-state index in [0.29, 0.717) is 45.4 Å². The maximum atomic E-state index is 13.9. The molecule has 3 aromatic carbocycles. The van der Waals surface area contributed by atoms with Gasteiger partial charge in [-0.15, -0.1) is 12.4 Å². The van der Waals surface area contributed by atoms with Gasteiger partial charge in [-0.2, -0.15) is 0 Å². The lowest BCUT2D eigenvalue weighted by Gasteiger charge is -2.28. The Bertz CT molecular complexity index is 1190. The number of carbonyl (C=O) groups excluding carboxylic acids is 3. The van der Waals surface area contributed by atoms with Gasteiger partial charge in [0.25, 0.3) is 11.8 Å². The summed E-state index contributed by atoms with van der Waals surface area (Å²) in [6.07, 6.45) is 0.809. The topological polar surface area (TPSA) is 117 Å². The highest BCUT2D eigenvalue weighted by Crippen LogP contribution is 2.23. The number of hydrogen-bond acceptors (Lipinski definition) is 5. The number of unbranched alkanes of at least 4 members (excludes halogenated alkanes) is 1. The molecule has 4 N–H and O–H groups in total. The molecule has 1 aliphatic heterocycles. The van der Waals surface area contributed by atoms with Gasteiger partial charge in [-0.3, -0.25) is 14.4 Å². The van der Waals surface area contributed by atoms with Crippen LogP contribution >= 0.6 is 12.4 Å². The molecule has 3 amide bonds. The quantitative estimate of drug-likeness (QED) is 0.189. The standard InChI is InChI=1S/C32H38N4O4.ClH/c33-20-11-10-18-27(32(39)36(22-25-14-6-2-7-15-25)23-26-16-8-3-9-17-26)35-31(38)29-28(40-29)30(37)34-21-19-24-12-4-1-5-13-24;/h1-9,12-17,27-29H,10-11,18-23,33H2,(H,34,37)(H,35,38);1H/t27-,28?,29?;/m0./s1. The predicted octanol–water partition coefficient (Wildman–Crippen LogP) is 3.38. The van der Waals surface area contributed by atoms with Gasteiger partial charge < -0.3 is 26.0 Å². The van der Waals surface area contributed by atoms with Gasteiger partial charge in [0.2, 0.25) is 5.91 Å². The molecule has 1 aliphatic rings. The predicted molar refractivity (Wildman–Crippen MR) is 161 cm³/mol. The normalized spacial score (nSPS) is 16.1. The molecule has 0 aliphatic carbocycles. The average Bonchev–Trinajstić information content (AvgIpc) is 3.79. The molecule has 2 unspecified atom stereocenters. The van der Waals surface area contributed by atoms with Crippen molar-refractivity contribution in [1.82, 2.24) is 15.5 Å². The number of nitrogens with zero attached hydrogens (tertiary/aromatic N) is 1. The summed E-state index contributed by atoms with van der Waals surface area (Å²) in [5, 5.41) is 5.72. The van der Waals surface area contributed by atoms with Gasteiger partial charge in [0, 0.05) is 19.6 Å². The first-order valence-electron chi connectivity index (χ1n) is 13.9. The van der Waals surface area contributed by atoms with E-state index >= 15 is 0 Å². The molecule has 8 nitrogen and oxygen atoms in total. The second kappa shape index (κ2) is 16.5. The molecule has 0 spiro atoms. The molecule has 9 heteroatoms. The van der Waals surface area contributed by atoms with Gasteiger partial charge in [-0.05, 0) is 48.9 Å². The maximum absolute atomic E-state index is 13.9. The molecule has 0 saturated carbocycles. The zero-order chi connectivity index (χ0) is 28.2. The summed E-state index contributed by atoms with van der Waals surface area (Å²) in [5.74, 6) is -0.951. The second-order valence-corrected chi connectivity index (χ2v) is 10.0. The van der Waals surface area contributed by atoms with E-state index in [4.69, 9.17) is 10.5 Å². The summed E-state index contributed by atoms with van der Waals surface area (Å²) in [5.41, 5.74) is 8.80. The highest BCUT2D eigenvalue weighted by atomic mass is 35.5. The van der Waals surface area contributed by atoms with Gasteiger partial charge in [0.05, 0.1) is 0 Å². The Morgan fingerprint density at radius 1 is 0.756 bits per heavy atom. The smallest absolute Gasteiger partial charge is 0.253 e. The fourth-order valence-corrected chi connectivity index (χ4v) is 4.63. The van der Waals surface area contributed by atoms with Gasteiger partial charge >= 0.3 is 0 Å². The Morgan fingerprint density at radius 3 is 1.80 bits per heavy atom. The molecule has 1 fully saturated rings. The zero-order valence-electron chi connectivity index (χ0n) is 23.1. The Morgan fingerprint density at radius 2 is 1.27 bits per heavy atom. The third-order valence-electron chi connectivity index (χ3n) is 6.87. The lowest BCUT2D eigenvalue weighted by molar-refractivity contribution is -0.138. The van der Waals surface area contributed by atoms with Crippen LogP contribution < -0.4 is 16.4 Å². The summed E-state index contributed by atoms with van der Waals surface area (Å²) in [6, 6.07) is 28.6. The van der Waals surface area contributed by atoms with Crippen molar-refractivity contribution in [2.24, 2.45) is 5.73 Å². The monoisotopic (exact) mass is 578 g/mol. The number of amides is 3. The number of hydrogen-bond donors (Lipinski definition) is 3. The van der Waals surface area contributed by atoms with E-state index in [1.165, 1.54) is 0 Å². The first-order valence-corrected chi connectivity index (χ1v) is 13.9. The number of rotatable bonds is 15. The van der Waals surface area contributed by atoms with Gasteiger partial charge in [-0.25, -0.2) is 0 Å². The highest BCUT2D eigenvalue weighted by molar-refractivity contribution is 5.97. The van der Waals surface area contributed by atoms with E-state index in [0.717, 1.165) is 23.1 Å². The number of carbonyl (C=O) groups is 3. The molecule has 0 radical (unpaired) electrons. The summed E-state index contributed by atoms with van der Waals surface area (Å²) >= 11 is 0. The minimum Gasteiger partial charge on any atom is -0.353 e. The lowest BCUT2D eigenvalue weighted by Crippen LogP contribution is -2.49. The Kier molecular flexibility index (Phi) is 12.8. The van der Waals surface area contributed by atoms with Gasteiger partial charge in [0.1, 0.15) is 6.04 Å². The van der Waals surface area contributed by atoms with Crippen LogP contribution in [-0.2, 0) is 38.6 Å². The van der Waals surface area contributed by atoms with Crippen LogP contribution in [0.4, 0.5) is 0 Å². The SMILES string of the molecule is Cl.NCCCC[C@H](NC(=O)C1OC1C(=O)NCCc1ccccc1)C(=O)N(Cc1ccccc1)Cc1ccccc1. The number of ether oxygens (including phenoxy) is 1. The van der Waals surface area contributed by atoms with Crippen LogP contribution in [0.15, 0.2) is 91.0 Å². The van der Waals surface area contributed by atoms with E-state index in [1.807, 2.05) is 91.0 Å². The average molecular weight is 579 g/mol. The third-order valence-corrected chi connectivity index (χ3v) is 6.87. The fraction of sp³-hybridized carbons (Fsp3) is 0.344. The van der Waals surface area contributed by atoms with Crippen molar-refractivity contribution in [2.45, 2.75) is 57.0 Å². The first kappa shape index (κ1) is 31.8. The van der Waals surface area contributed by atoms with Crippen LogP contribution in [-0.4, -0.2) is 54.0 Å². The molecule has 0 aromatic heterocycles. The van der Waals surface area contributed by atoms with E-state index in [1.54, 1.807) is 4.90 Å². The fourth-order valence-electron chi connectivity index (χ4n) is 4.63. The van der Waals surface area contributed by atoms with Crippen molar-refractivity contribution in [1.29, 1.82) is 0 Å². The molecule has 218 valence electrons. The minimum absolute atomic E-state index is 0. The third kappa shape index (κ3) is 10.0. The van der Waals surface area contributed by atoms with Crippen LogP contribution in [0.25, 0.3) is 0 Å². The van der Waals surface area contributed by atoms with Gasteiger partial charge in [0.15, 0.2) is 12.2 Å². The zero-order valence-corrected chi connectivity index (χ0v) is 23.9. The van der Waals surface area contributed by atoms with Crippen molar-refractivity contribution < 1.29 is 19.1 Å². The molecule has 3 atom stereocenters. The summed E-state index contributed by atoms with van der Waals surface area (Å²) in [7, 11) is 0. The molecule has 1 heterocycles. The number of nitrogens with two attached hydrogens (primary N) is 1. The van der Waals surface area contributed by atoms with Crippen LogP contribution in [0.1, 0.15) is 36.0 Å². The molecular formula is C32H39ClN4O4. The van der Waals surface area contributed by atoms with E-state index < -0.39 is 24.2 Å². The Hall–Kier alpha value is -3.72. The van der Waals surface area contributed by atoms with Crippen LogP contribution in [0.5, 0.6) is 0 Å². The van der Waals surface area contributed by atoms with E-state index in [2.05, 4.69) is 10.6 Å². The maximum Gasteiger partial charge on any atom is 0.253 e. The largest absolute Gasteiger partial charge is 0.353 e. The lowest BCUT2D eigenvalue weighted by atomic mass is 10.1. The summed E-state index contributed by atoms with van der Waals surface area (Å²) in [4.78, 5) is 41.3. The van der Waals surface area contributed by atoms with Gasteiger partial charge in [-0.1, -0.05) is 91.0 Å². The molecule has 1 saturated heterocycles. The summed E-state index contributed by atoms with van der Waals surface area (Å²) in [6.45, 7) is 1.77. The molecule has 41 heavy (non-hydrogen) atoms. The molecule has 4 rings (SSSR count). The summed E-state index contributed by atoms with van der Waals surface area (Å²) < 4.78 is 5.43. The molecule has 3 aromatic rings. The number of benzene rings is 3. The van der Waals surface area contributed by atoms with Crippen LogP contribution in [0.3, 0.4) is 0 Å². The van der Waals surface area contributed by atoms with Crippen molar-refractivity contribution in [3.05, 3.63) is 108 Å². The minimum atomic E-state index is -0.904. The van der Waals surface area contributed by atoms with E-state index in [9.17, 15) is 14.4 Å². The number of epoxide rings is 1. The number of halogens is 1. The van der Waals surface area contributed by atoms with Crippen molar-refractivity contribution >= 4 is 30.1 Å². The van der Waals surface area contributed by atoms with Crippen molar-refractivity contribution in [3.63, 3.8) is 0 Å². The van der Waals surface area contributed by atoms with Crippen LogP contribution in [0, 0.1) is 0 Å². The molecular weight excluding hydrogens is 540 g/mol. The molecule has 0 bridgehead atoms. The van der Waals surface area contributed by atoms with Crippen molar-refractivity contribution in [2.75, 3.05) is 13.1 Å². The second-order valence-electron chi connectivity index (χ2n) is 10.0. The Labute approximate surface area is 248 Å². The van der Waals surface area contributed by atoms with E-state index in [-0.39, 0.29) is 24.2 Å². The highest BCUT2D eigenvalue weighted by Gasteiger charge is 2.51. The Balaban J connectivity index is 0.00000462. The number of nitrogens with one attached hydrogen (secondary N) is 2. The van der Waals surface area contributed by atoms with Crippen molar-refractivity contribution in [3.8, 4) is 0 Å².